The molecule has 134 valence electrons. The summed E-state index contributed by atoms with van der Waals surface area (Å²) < 4.78 is 41.0. The van der Waals surface area contributed by atoms with Gasteiger partial charge >= 0.3 is 12.2 Å². The van der Waals surface area contributed by atoms with Crippen molar-refractivity contribution in [1.82, 2.24) is 15.6 Å². The molecule has 1 heterocycles. The fourth-order valence-corrected chi connectivity index (χ4v) is 2.64. The number of alkyl halides is 3. The highest BCUT2D eigenvalue weighted by molar-refractivity contribution is 5.74. The van der Waals surface area contributed by atoms with E-state index in [1.165, 1.54) is 25.1 Å². The van der Waals surface area contributed by atoms with Crippen molar-refractivity contribution >= 4 is 6.03 Å². The number of aromatic nitrogens is 1. The van der Waals surface area contributed by atoms with E-state index in [1.807, 2.05) is 0 Å². The summed E-state index contributed by atoms with van der Waals surface area (Å²) >= 11 is 0. The molecule has 0 saturated heterocycles. The smallest absolute Gasteiger partial charge is 0.422 e. The van der Waals surface area contributed by atoms with E-state index in [0.29, 0.717) is 5.56 Å². The average Bonchev–Trinajstić information content (AvgIpc) is 2.79. The van der Waals surface area contributed by atoms with Gasteiger partial charge in [0.25, 0.3) is 0 Å². The first-order chi connectivity index (χ1) is 11.4. The number of hydrogen-bond acceptors (Lipinski definition) is 3. The Balaban J connectivity index is 1.77. The number of halogens is 3. The number of carbonyl (C=O) groups excluding carboxylic acids is 1. The molecule has 0 unspecified atom stereocenters. The second-order valence-corrected chi connectivity index (χ2v) is 5.92. The maximum atomic E-state index is 12.1. The lowest BCUT2D eigenvalue weighted by Crippen LogP contribution is -2.41. The minimum Gasteiger partial charge on any atom is -0.468 e. The Bertz CT molecular complexity index is 530. The van der Waals surface area contributed by atoms with Crippen molar-refractivity contribution in [3.05, 3.63) is 23.9 Å². The number of urea groups is 1. The lowest BCUT2D eigenvalue weighted by Gasteiger charge is -2.16. The predicted molar refractivity (Wildman–Crippen MR) is 82.6 cm³/mol. The van der Waals surface area contributed by atoms with Gasteiger partial charge in [-0.25, -0.2) is 9.78 Å². The zero-order chi connectivity index (χ0) is 17.4. The molecule has 0 aromatic carbocycles. The van der Waals surface area contributed by atoms with Gasteiger partial charge in [-0.15, -0.1) is 0 Å². The molecule has 1 aliphatic rings. The van der Waals surface area contributed by atoms with Crippen molar-refractivity contribution in [2.24, 2.45) is 0 Å². The summed E-state index contributed by atoms with van der Waals surface area (Å²) in [5.74, 6) is -0.115. The predicted octanol–water partition coefficient (Wildman–Crippen LogP) is 3.54. The second kappa shape index (κ2) is 8.75. The number of ether oxygens (including phenoxy) is 1. The molecule has 0 spiro atoms. The molecule has 5 nitrogen and oxygen atoms in total. The van der Waals surface area contributed by atoms with Gasteiger partial charge in [0.15, 0.2) is 6.61 Å². The maximum Gasteiger partial charge on any atom is 0.422 e. The Morgan fingerprint density at radius 1 is 1.25 bits per heavy atom. The third-order valence-corrected chi connectivity index (χ3v) is 3.83. The lowest BCUT2D eigenvalue weighted by molar-refractivity contribution is -0.154. The van der Waals surface area contributed by atoms with E-state index in [1.54, 1.807) is 6.07 Å². The maximum absolute atomic E-state index is 12.1. The fraction of sp³-hybridized carbons (Fsp3) is 0.625. The van der Waals surface area contributed by atoms with E-state index in [0.717, 1.165) is 25.7 Å². The molecule has 1 fully saturated rings. The summed E-state index contributed by atoms with van der Waals surface area (Å²) in [4.78, 5) is 15.6. The Kier molecular flexibility index (Phi) is 6.69. The zero-order valence-corrected chi connectivity index (χ0v) is 13.4. The van der Waals surface area contributed by atoms with Gasteiger partial charge in [0, 0.05) is 24.8 Å². The van der Waals surface area contributed by atoms with Crippen molar-refractivity contribution in [3.63, 3.8) is 0 Å². The number of carbonyl (C=O) groups is 1. The minimum absolute atomic E-state index is 0.115. The Morgan fingerprint density at radius 3 is 2.62 bits per heavy atom. The van der Waals surface area contributed by atoms with Crippen LogP contribution in [0.1, 0.15) is 44.1 Å². The Labute approximate surface area is 139 Å². The first-order valence-corrected chi connectivity index (χ1v) is 8.11. The average molecular weight is 345 g/mol. The molecule has 0 bridgehead atoms. The van der Waals surface area contributed by atoms with Gasteiger partial charge in [-0.05, 0) is 24.5 Å². The number of amides is 2. The quantitative estimate of drug-likeness (QED) is 0.802. The van der Waals surface area contributed by atoms with Crippen LogP contribution in [0.15, 0.2) is 18.3 Å². The minimum atomic E-state index is -4.41. The van der Waals surface area contributed by atoms with Gasteiger partial charge in [-0.2, -0.15) is 13.2 Å². The molecule has 2 amide bonds. The zero-order valence-electron chi connectivity index (χ0n) is 13.4. The number of rotatable bonds is 5. The van der Waals surface area contributed by atoms with Crippen LogP contribution in [0.5, 0.6) is 5.88 Å². The summed E-state index contributed by atoms with van der Waals surface area (Å²) in [5, 5.41) is 5.65. The van der Waals surface area contributed by atoms with Crippen LogP contribution in [0.2, 0.25) is 0 Å². The Morgan fingerprint density at radius 2 is 1.96 bits per heavy atom. The van der Waals surface area contributed by atoms with Crippen molar-refractivity contribution in [3.8, 4) is 5.88 Å². The number of nitrogens with zero attached hydrogens (tertiary/aromatic N) is 1. The van der Waals surface area contributed by atoms with Crippen LogP contribution in [0.4, 0.5) is 18.0 Å². The van der Waals surface area contributed by atoms with Gasteiger partial charge in [-0.1, -0.05) is 25.7 Å². The highest BCUT2D eigenvalue weighted by Crippen LogP contribution is 2.18. The third-order valence-electron chi connectivity index (χ3n) is 3.83. The van der Waals surface area contributed by atoms with E-state index < -0.39 is 12.8 Å². The summed E-state index contributed by atoms with van der Waals surface area (Å²) in [7, 11) is 0. The monoisotopic (exact) mass is 345 g/mol. The molecule has 8 heteroatoms. The fourth-order valence-electron chi connectivity index (χ4n) is 2.64. The van der Waals surface area contributed by atoms with Gasteiger partial charge in [-0.3, -0.25) is 0 Å². The van der Waals surface area contributed by atoms with Crippen molar-refractivity contribution in [2.45, 2.75) is 57.3 Å². The van der Waals surface area contributed by atoms with Crippen LogP contribution in [-0.2, 0) is 6.54 Å². The molecule has 0 atom stereocenters. The molecule has 1 aromatic heterocycles. The normalized spacial score (nSPS) is 16.3. The highest BCUT2D eigenvalue weighted by Gasteiger charge is 2.28. The van der Waals surface area contributed by atoms with Gasteiger partial charge in [0.1, 0.15) is 0 Å². The molecule has 2 N–H and O–H groups in total. The molecule has 1 saturated carbocycles. The van der Waals surface area contributed by atoms with Crippen LogP contribution in [-0.4, -0.2) is 29.8 Å². The second-order valence-electron chi connectivity index (χ2n) is 5.92. The van der Waals surface area contributed by atoms with E-state index >= 15 is 0 Å². The standard InChI is InChI=1S/C16H22F3N3O2/c17-16(18,19)11-24-14-9-12(7-8-20-14)10-21-15(23)22-13-5-3-1-2-4-6-13/h7-9,13H,1-6,10-11H2,(H2,21,22,23). The molecule has 1 aromatic rings. The molecule has 0 radical (unpaired) electrons. The molecular weight excluding hydrogens is 323 g/mol. The van der Waals surface area contributed by atoms with E-state index in [2.05, 4.69) is 20.4 Å². The molecule has 24 heavy (non-hydrogen) atoms. The topological polar surface area (TPSA) is 63.2 Å². The third kappa shape index (κ3) is 7.06. The largest absolute Gasteiger partial charge is 0.468 e. The number of nitrogens with one attached hydrogen (secondary N) is 2. The first kappa shape index (κ1) is 18.4. The number of hydrogen-bond donors (Lipinski definition) is 2. The molecule has 0 aliphatic heterocycles. The first-order valence-electron chi connectivity index (χ1n) is 8.11. The summed E-state index contributed by atoms with van der Waals surface area (Å²) in [6.07, 6.45) is 3.57. The van der Waals surface area contributed by atoms with Gasteiger partial charge < -0.3 is 15.4 Å². The summed E-state index contributed by atoms with van der Waals surface area (Å²) in [6, 6.07) is 2.93. The van der Waals surface area contributed by atoms with Crippen LogP contribution < -0.4 is 15.4 Å². The summed E-state index contributed by atoms with van der Waals surface area (Å²) in [5.41, 5.74) is 0.623. The van der Waals surface area contributed by atoms with Gasteiger partial charge in [0.2, 0.25) is 5.88 Å². The van der Waals surface area contributed by atoms with E-state index in [4.69, 9.17) is 0 Å². The molecule has 2 rings (SSSR count). The van der Waals surface area contributed by atoms with Crippen LogP contribution in [0, 0.1) is 0 Å². The van der Waals surface area contributed by atoms with Crippen molar-refractivity contribution < 1.29 is 22.7 Å². The lowest BCUT2D eigenvalue weighted by atomic mass is 10.1. The van der Waals surface area contributed by atoms with Gasteiger partial charge in [0.05, 0.1) is 0 Å². The van der Waals surface area contributed by atoms with Crippen LogP contribution in [0.3, 0.4) is 0 Å². The van der Waals surface area contributed by atoms with E-state index in [9.17, 15) is 18.0 Å². The Hall–Kier alpha value is -1.99. The van der Waals surface area contributed by atoms with Crippen molar-refractivity contribution in [2.75, 3.05) is 6.61 Å². The number of pyridine rings is 1. The van der Waals surface area contributed by atoms with Crippen LogP contribution in [0.25, 0.3) is 0 Å². The summed E-state index contributed by atoms with van der Waals surface area (Å²) in [6.45, 7) is -1.19. The van der Waals surface area contributed by atoms with Crippen molar-refractivity contribution in [1.29, 1.82) is 0 Å². The van der Waals surface area contributed by atoms with Crippen LogP contribution >= 0.6 is 0 Å². The SMILES string of the molecule is O=C(NCc1ccnc(OCC(F)(F)F)c1)NC1CCCCCC1. The molecular formula is C16H22F3N3O2. The van der Waals surface area contributed by atoms with E-state index in [-0.39, 0.29) is 24.5 Å². The highest BCUT2D eigenvalue weighted by atomic mass is 19.4. The molecule has 1 aliphatic carbocycles.